The van der Waals surface area contributed by atoms with Crippen molar-refractivity contribution in [2.45, 2.75) is 32.7 Å². The SMILES string of the molecule is CCC(C)(C)N=c1cccnn2cccc12. The van der Waals surface area contributed by atoms with E-state index in [0.717, 1.165) is 17.3 Å². The van der Waals surface area contributed by atoms with Gasteiger partial charge in [-0.05, 0) is 44.5 Å². The Bertz CT molecular complexity index is 552. The molecule has 0 aliphatic heterocycles. The summed E-state index contributed by atoms with van der Waals surface area (Å²) in [6.07, 6.45) is 4.74. The third-order valence-corrected chi connectivity index (χ3v) is 2.81. The smallest absolute Gasteiger partial charge is 0.0898 e. The number of aromatic nitrogens is 2. The van der Waals surface area contributed by atoms with Crippen molar-refractivity contribution in [3.63, 3.8) is 0 Å². The number of rotatable bonds is 2. The fourth-order valence-electron chi connectivity index (χ4n) is 1.51. The molecule has 3 heteroatoms. The van der Waals surface area contributed by atoms with Crippen LogP contribution in [-0.2, 0) is 0 Å². The second kappa shape index (κ2) is 4.08. The van der Waals surface area contributed by atoms with Gasteiger partial charge in [0.15, 0.2) is 0 Å². The topological polar surface area (TPSA) is 29.7 Å². The highest BCUT2D eigenvalue weighted by atomic mass is 15.2. The van der Waals surface area contributed by atoms with Crippen molar-refractivity contribution in [3.05, 3.63) is 42.0 Å². The van der Waals surface area contributed by atoms with E-state index in [1.54, 1.807) is 6.20 Å². The molecule has 0 fully saturated rings. The lowest BCUT2D eigenvalue weighted by atomic mass is 10.0. The maximum Gasteiger partial charge on any atom is 0.0898 e. The molecule has 0 aliphatic carbocycles. The number of nitrogens with zero attached hydrogens (tertiary/aromatic N) is 3. The Balaban J connectivity index is 2.74. The largest absolute Gasteiger partial charge is 0.277 e. The van der Waals surface area contributed by atoms with Gasteiger partial charge in [0.25, 0.3) is 0 Å². The van der Waals surface area contributed by atoms with Gasteiger partial charge in [-0.2, -0.15) is 5.10 Å². The average Bonchev–Trinajstić information content (AvgIpc) is 2.64. The van der Waals surface area contributed by atoms with Crippen LogP contribution in [0.3, 0.4) is 0 Å². The molecule has 3 nitrogen and oxygen atoms in total. The van der Waals surface area contributed by atoms with Gasteiger partial charge in [-0.3, -0.25) is 4.99 Å². The van der Waals surface area contributed by atoms with Crippen LogP contribution in [0, 0.1) is 0 Å². The van der Waals surface area contributed by atoms with Gasteiger partial charge in [-0.25, -0.2) is 4.52 Å². The molecule has 2 aromatic rings. The fourth-order valence-corrected chi connectivity index (χ4v) is 1.51. The van der Waals surface area contributed by atoms with Gasteiger partial charge in [-0.15, -0.1) is 0 Å². The molecule has 2 heterocycles. The molecule has 0 saturated carbocycles. The van der Waals surface area contributed by atoms with Gasteiger partial charge >= 0.3 is 0 Å². The fraction of sp³-hybridized carbons (Fsp3) is 0.385. The molecular weight excluding hydrogens is 198 g/mol. The molecule has 0 unspecified atom stereocenters. The van der Waals surface area contributed by atoms with Crippen molar-refractivity contribution in [1.82, 2.24) is 9.61 Å². The lowest BCUT2D eigenvalue weighted by Gasteiger charge is -2.15. The number of fused-ring (bicyclic) bond motifs is 1. The second-order valence-electron chi connectivity index (χ2n) is 4.52. The zero-order valence-electron chi connectivity index (χ0n) is 10.0. The van der Waals surface area contributed by atoms with Crippen LogP contribution in [0.5, 0.6) is 0 Å². The van der Waals surface area contributed by atoms with E-state index in [9.17, 15) is 0 Å². The molecule has 0 aliphatic rings. The van der Waals surface area contributed by atoms with Gasteiger partial charge in [0, 0.05) is 12.4 Å². The molecule has 84 valence electrons. The molecule has 2 rings (SSSR count). The van der Waals surface area contributed by atoms with E-state index in [-0.39, 0.29) is 5.54 Å². The van der Waals surface area contributed by atoms with Crippen LogP contribution < -0.4 is 5.36 Å². The minimum absolute atomic E-state index is 0.0287. The normalized spacial score (nSPS) is 13.3. The van der Waals surface area contributed by atoms with Gasteiger partial charge in [0.05, 0.1) is 16.4 Å². The third-order valence-electron chi connectivity index (χ3n) is 2.81. The molecule has 0 aromatic carbocycles. The highest BCUT2D eigenvalue weighted by Crippen LogP contribution is 2.12. The molecule has 0 N–H and O–H groups in total. The summed E-state index contributed by atoms with van der Waals surface area (Å²) in [6.45, 7) is 6.44. The third kappa shape index (κ3) is 2.13. The first-order valence-corrected chi connectivity index (χ1v) is 5.61. The predicted molar refractivity (Wildman–Crippen MR) is 65.1 cm³/mol. The van der Waals surface area contributed by atoms with Crippen molar-refractivity contribution in [2.24, 2.45) is 4.99 Å². The van der Waals surface area contributed by atoms with Crippen molar-refractivity contribution >= 4 is 5.52 Å². The Morgan fingerprint density at radius 2 is 2.12 bits per heavy atom. The quantitative estimate of drug-likeness (QED) is 0.756. The highest BCUT2D eigenvalue weighted by Gasteiger charge is 2.11. The van der Waals surface area contributed by atoms with Crippen LogP contribution in [0.4, 0.5) is 0 Å². The van der Waals surface area contributed by atoms with Gasteiger partial charge in [0.2, 0.25) is 0 Å². The summed E-state index contributed by atoms with van der Waals surface area (Å²) >= 11 is 0. The van der Waals surface area contributed by atoms with Crippen LogP contribution in [0.2, 0.25) is 0 Å². The summed E-state index contributed by atoms with van der Waals surface area (Å²) in [5, 5.41) is 5.27. The van der Waals surface area contributed by atoms with E-state index in [1.165, 1.54) is 0 Å². The first-order chi connectivity index (χ1) is 7.62. The maximum atomic E-state index is 4.79. The summed E-state index contributed by atoms with van der Waals surface area (Å²) in [5.74, 6) is 0. The molecule has 0 amide bonds. The zero-order valence-corrected chi connectivity index (χ0v) is 10.0. The summed E-state index contributed by atoms with van der Waals surface area (Å²) < 4.78 is 1.85. The van der Waals surface area contributed by atoms with E-state index < -0.39 is 0 Å². The van der Waals surface area contributed by atoms with Crippen molar-refractivity contribution < 1.29 is 0 Å². The Hall–Kier alpha value is -1.64. The Morgan fingerprint density at radius 3 is 2.88 bits per heavy atom. The summed E-state index contributed by atoms with van der Waals surface area (Å²) in [5.41, 5.74) is 1.02. The van der Waals surface area contributed by atoms with Crippen molar-refractivity contribution in [3.8, 4) is 0 Å². The number of hydrogen-bond acceptors (Lipinski definition) is 2. The standard InChI is InChI=1S/C13H17N3/c1-4-13(2,3)15-11-7-5-9-14-16-10-6-8-12(11)16/h5-10H,4H2,1-3H3. The van der Waals surface area contributed by atoms with E-state index in [4.69, 9.17) is 4.99 Å². The predicted octanol–water partition coefficient (Wildman–Crippen LogP) is 2.42. The van der Waals surface area contributed by atoms with Gasteiger partial charge < -0.3 is 0 Å². The maximum absolute atomic E-state index is 4.79. The lowest BCUT2D eigenvalue weighted by molar-refractivity contribution is 0.492. The van der Waals surface area contributed by atoms with Gasteiger partial charge in [-0.1, -0.05) is 6.92 Å². The van der Waals surface area contributed by atoms with Crippen LogP contribution >= 0.6 is 0 Å². The van der Waals surface area contributed by atoms with Crippen LogP contribution in [0.25, 0.3) is 5.52 Å². The summed E-state index contributed by atoms with van der Waals surface area (Å²) in [6, 6.07) is 7.97. The first kappa shape index (κ1) is 10.9. The molecule has 0 spiro atoms. The molecular formula is C13H17N3. The molecule has 0 bridgehead atoms. The van der Waals surface area contributed by atoms with Crippen LogP contribution in [-0.4, -0.2) is 15.2 Å². The van der Waals surface area contributed by atoms with Gasteiger partial charge in [0.1, 0.15) is 0 Å². The monoisotopic (exact) mass is 215 g/mol. The minimum Gasteiger partial charge on any atom is -0.277 e. The molecule has 2 aromatic heterocycles. The van der Waals surface area contributed by atoms with E-state index in [1.807, 2.05) is 35.0 Å². The van der Waals surface area contributed by atoms with Crippen molar-refractivity contribution in [2.75, 3.05) is 0 Å². The zero-order chi connectivity index (χ0) is 11.6. The van der Waals surface area contributed by atoms with Crippen LogP contribution in [0.1, 0.15) is 27.2 Å². The van der Waals surface area contributed by atoms with E-state index in [2.05, 4.69) is 25.9 Å². The second-order valence-corrected chi connectivity index (χ2v) is 4.52. The lowest BCUT2D eigenvalue weighted by Crippen LogP contribution is -2.20. The summed E-state index contributed by atoms with van der Waals surface area (Å²) in [4.78, 5) is 4.79. The van der Waals surface area contributed by atoms with E-state index >= 15 is 0 Å². The molecule has 16 heavy (non-hydrogen) atoms. The summed E-state index contributed by atoms with van der Waals surface area (Å²) in [7, 11) is 0. The molecule has 0 radical (unpaired) electrons. The molecule has 0 atom stereocenters. The van der Waals surface area contributed by atoms with Crippen LogP contribution in [0.15, 0.2) is 41.7 Å². The number of hydrogen-bond donors (Lipinski definition) is 0. The Morgan fingerprint density at radius 1 is 1.31 bits per heavy atom. The van der Waals surface area contributed by atoms with Crippen molar-refractivity contribution in [1.29, 1.82) is 0 Å². The molecule has 0 saturated heterocycles. The Labute approximate surface area is 95.5 Å². The first-order valence-electron chi connectivity index (χ1n) is 5.61. The minimum atomic E-state index is -0.0287. The van der Waals surface area contributed by atoms with E-state index in [0.29, 0.717) is 0 Å². The average molecular weight is 215 g/mol. The Kier molecular flexibility index (Phi) is 2.77. The highest BCUT2D eigenvalue weighted by molar-refractivity contribution is 5.44.